The predicted molar refractivity (Wildman–Crippen MR) is 89.7 cm³/mol. The Bertz CT molecular complexity index is 928. The van der Waals surface area contributed by atoms with Crippen LogP contribution in [-0.2, 0) is 16.5 Å². The van der Waals surface area contributed by atoms with Crippen LogP contribution >= 0.6 is 0 Å². The fourth-order valence-electron chi connectivity index (χ4n) is 2.48. The van der Waals surface area contributed by atoms with Gasteiger partial charge >= 0.3 is 0 Å². The molecule has 0 unspecified atom stereocenters. The zero-order valence-corrected chi connectivity index (χ0v) is 14.5. The fourth-order valence-corrected chi connectivity index (χ4v) is 3.39. The predicted octanol–water partition coefficient (Wildman–Crippen LogP) is 2.17. The molecule has 0 atom stereocenters. The Morgan fingerprint density at radius 2 is 1.87 bits per heavy atom. The summed E-state index contributed by atoms with van der Waals surface area (Å²) < 4.78 is 34.7. The highest BCUT2D eigenvalue weighted by atomic mass is 32.2. The van der Waals surface area contributed by atoms with E-state index >= 15 is 0 Å². The van der Waals surface area contributed by atoms with Crippen LogP contribution in [-0.4, -0.2) is 17.6 Å². The molecule has 0 aliphatic heterocycles. The highest BCUT2D eigenvalue weighted by Crippen LogP contribution is 2.29. The number of hydrogen-bond donors (Lipinski definition) is 2. The maximum absolute atomic E-state index is 11.8. The minimum Gasteiger partial charge on any atom is -0.338 e. The number of aryl methyl sites for hydroxylation is 4. The Morgan fingerprint density at radius 1 is 1.22 bits per heavy atom. The van der Waals surface area contributed by atoms with Gasteiger partial charge in [-0.15, -0.1) is 0 Å². The van der Waals surface area contributed by atoms with Crippen LogP contribution in [0.3, 0.4) is 0 Å². The van der Waals surface area contributed by atoms with E-state index in [-0.39, 0.29) is 10.6 Å². The SMILES string of the molecule is CCc1cc(C)cc(/N=c2/c(C)ccc(C)n2N)c1S(=O)(=O)O. The number of nitrogens with two attached hydrogens (primary N) is 1. The van der Waals surface area contributed by atoms with Gasteiger partial charge < -0.3 is 5.84 Å². The van der Waals surface area contributed by atoms with Gasteiger partial charge in [-0.05, 0) is 56.0 Å². The molecule has 0 fully saturated rings. The maximum atomic E-state index is 11.8. The van der Waals surface area contributed by atoms with Crippen molar-refractivity contribution in [3.63, 3.8) is 0 Å². The summed E-state index contributed by atoms with van der Waals surface area (Å²) in [5.74, 6) is 6.01. The third-order valence-corrected chi connectivity index (χ3v) is 4.68. The molecule has 0 saturated heterocycles. The third-order valence-electron chi connectivity index (χ3n) is 3.69. The second-order valence-electron chi connectivity index (χ2n) is 5.56. The van der Waals surface area contributed by atoms with Crippen LogP contribution in [0.5, 0.6) is 0 Å². The van der Waals surface area contributed by atoms with Crippen molar-refractivity contribution in [2.75, 3.05) is 5.84 Å². The molecule has 2 rings (SSSR count). The first kappa shape index (κ1) is 17.2. The number of pyridine rings is 1. The first-order valence-electron chi connectivity index (χ1n) is 7.25. The van der Waals surface area contributed by atoms with Gasteiger partial charge in [0.25, 0.3) is 10.1 Å². The molecule has 0 amide bonds. The summed E-state index contributed by atoms with van der Waals surface area (Å²) >= 11 is 0. The average Bonchev–Trinajstić information content (AvgIpc) is 2.45. The zero-order chi connectivity index (χ0) is 17.4. The Labute approximate surface area is 136 Å². The minimum absolute atomic E-state index is 0.161. The van der Waals surface area contributed by atoms with E-state index in [0.717, 1.165) is 16.8 Å². The van der Waals surface area contributed by atoms with Crippen LogP contribution in [0.15, 0.2) is 34.2 Å². The quantitative estimate of drug-likeness (QED) is 0.663. The topological polar surface area (TPSA) is 97.7 Å². The fraction of sp³-hybridized carbons (Fsp3) is 0.312. The van der Waals surface area contributed by atoms with Gasteiger partial charge in [-0.3, -0.25) is 4.55 Å². The molecule has 0 radical (unpaired) electrons. The lowest BCUT2D eigenvalue weighted by Gasteiger charge is -2.12. The Kier molecular flexibility index (Phi) is 4.63. The minimum atomic E-state index is -4.39. The van der Waals surface area contributed by atoms with Crippen molar-refractivity contribution in [2.45, 2.75) is 39.0 Å². The number of hydrogen-bond acceptors (Lipinski definition) is 4. The van der Waals surface area contributed by atoms with Gasteiger partial charge in [0.2, 0.25) is 0 Å². The van der Waals surface area contributed by atoms with Crippen LogP contribution in [0.25, 0.3) is 0 Å². The van der Waals surface area contributed by atoms with E-state index in [0.29, 0.717) is 17.5 Å². The lowest BCUT2D eigenvalue weighted by molar-refractivity contribution is 0.482. The zero-order valence-electron chi connectivity index (χ0n) is 13.7. The lowest BCUT2D eigenvalue weighted by atomic mass is 10.1. The Balaban J connectivity index is 2.93. The number of aromatic nitrogens is 1. The molecule has 1 aromatic heterocycles. The molecule has 23 heavy (non-hydrogen) atoms. The molecule has 0 aliphatic carbocycles. The maximum Gasteiger partial charge on any atom is 0.296 e. The molecule has 0 aliphatic rings. The van der Waals surface area contributed by atoms with Gasteiger partial charge in [-0.25, -0.2) is 9.67 Å². The van der Waals surface area contributed by atoms with Crippen molar-refractivity contribution in [1.29, 1.82) is 0 Å². The van der Waals surface area contributed by atoms with Gasteiger partial charge in [0.15, 0.2) is 5.49 Å². The van der Waals surface area contributed by atoms with Crippen LogP contribution in [0, 0.1) is 20.8 Å². The van der Waals surface area contributed by atoms with Crippen molar-refractivity contribution < 1.29 is 13.0 Å². The standard InChI is InChI=1S/C16H21N3O3S/c1-5-13-8-10(2)9-14(15(13)23(20,21)22)18-16-11(3)6-7-12(4)19(16)17/h6-9H,5,17H2,1-4H3,(H,20,21,22)/b18-16-. The van der Waals surface area contributed by atoms with E-state index < -0.39 is 10.1 Å². The first-order chi connectivity index (χ1) is 10.6. The summed E-state index contributed by atoms with van der Waals surface area (Å²) in [4.78, 5) is 4.28. The van der Waals surface area contributed by atoms with Crippen LogP contribution < -0.4 is 11.3 Å². The van der Waals surface area contributed by atoms with Gasteiger partial charge in [0.05, 0.1) is 5.69 Å². The molecule has 6 nitrogen and oxygen atoms in total. The molecule has 2 aromatic rings. The van der Waals surface area contributed by atoms with Gasteiger partial charge in [-0.1, -0.05) is 19.1 Å². The number of nitrogen functional groups attached to an aromatic ring is 1. The molecule has 124 valence electrons. The summed E-state index contributed by atoms with van der Waals surface area (Å²) in [6.45, 7) is 7.35. The smallest absolute Gasteiger partial charge is 0.296 e. The normalized spacial score (nSPS) is 12.7. The third kappa shape index (κ3) is 3.46. The van der Waals surface area contributed by atoms with E-state index in [2.05, 4.69) is 4.99 Å². The monoisotopic (exact) mass is 335 g/mol. The molecule has 0 bridgehead atoms. The van der Waals surface area contributed by atoms with E-state index in [1.807, 2.05) is 39.8 Å². The van der Waals surface area contributed by atoms with E-state index in [1.165, 1.54) is 4.68 Å². The number of nitrogens with zero attached hydrogens (tertiary/aromatic N) is 2. The Hall–Kier alpha value is -2.12. The molecule has 0 spiro atoms. The van der Waals surface area contributed by atoms with Crippen molar-refractivity contribution in [2.24, 2.45) is 4.99 Å². The van der Waals surface area contributed by atoms with Crippen LogP contribution in [0.4, 0.5) is 5.69 Å². The highest BCUT2D eigenvalue weighted by molar-refractivity contribution is 7.86. The second kappa shape index (κ2) is 6.17. The molecule has 7 heteroatoms. The molecular formula is C16H21N3O3S. The number of benzene rings is 1. The molecule has 1 heterocycles. The second-order valence-corrected chi connectivity index (χ2v) is 6.92. The summed E-state index contributed by atoms with van der Waals surface area (Å²) in [5.41, 5.74) is 3.62. The Morgan fingerprint density at radius 3 is 2.43 bits per heavy atom. The van der Waals surface area contributed by atoms with Crippen molar-refractivity contribution >= 4 is 15.8 Å². The van der Waals surface area contributed by atoms with E-state index in [9.17, 15) is 13.0 Å². The highest BCUT2D eigenvalue weighted by Gasteiger charge is 2.20. The largest absolute Gasteiger partial charge is 0.338 e. The molecule has 1 aromatic carbocycles. The van der Waals surface area contributed by atoms with Crippen molar-refractivity contribution in [1.82, 2.24) is 4.68 Å². The average molecular weight is 335 g/mol. The summed E-state index contributed by atoms with van der Waals surface area (Å²) in [6, 6.07) is 7.08. The van der Waals surface area contributed by atoms with Crippen molar-refractivity contribution in [3.05, 3.63) is 52.1 Å². The van der Waals surface area contributed by atoms with Gasteiger partial charge in [0.1, 0.15) is 4.90 Å². The van der Waals surface area contributed by atoms with E-state index in [1.54, 1.807) is 12.1 Å². The summed E-state index contributed by atoms with van der Waals surface area (Å²) in [7, 11) is -4.39. The lowest BCUT2D eigenvalue weighted by Crippen LogP contribution is -2.31. The number of rotatable bonds is 3. The van der Waals surface area contributed by atoms with Crippen LogP contribution in [0.2, 0.25) is 0 Å². The van der Waals surface area contributed by atoms with Gasteiger partial charge in [0, 0.05) is 5.69 Å². The summed E-state index contributed by atoms with van der Waals surface area (Å²) in [5, 5.41) is 0. The molecule has 3 N–H and O–H groups in total. The molecule has 0 saturated carbocycles. The molecular weight excluding hydrogens is 314 g/mol. The van der Waals surface area contributed by atoms with Gasteiger partial charge in [-0.2, -0.15) is 8.42 Å². The van der Waals surface area contributed by atoms with Crippen molar-refractivity contribution in [3.8, 4) is 0 Å². The summed E-state index contributed by atoms with van der Waals surface area (Å²) in [6.07, 6.45) is 0.467. The van der Waals surface area contributed by atoms with E-state index in [4.69, 9.17) is 5.84 Å². The van der Waals surface area contributed by atoms with Crippen LogP contribution in [0.1, 0.15) is 29.3 Å². The first-order valence-corrected chi connectivity index (χ1v) is 8.69.